The Kier molecular flexibility index (Phi) is 5.50. The average molecular weight is 418 g/mol. The monoisotopic (exact) mass is 418 g/mol. The molecule has 1 amide bonds. The van der Waals surface area contributed by atoms with E-state index in [1.165, 1.54) is 7.11 Å². The highest BCUT2D eigenvalue weighted by atomic mass is 16.5. The lowest BCUT2D eigenvalue weighted by Crippen LogP contribution is -2.43. The molecule has 0 aliphatic carbocycles. The van der Waals surface area contributed by atoms with Crippen molar-refractivity contribution in [1.82, 2.24) is 9.55 Å². The quantitative estimate of drug-likeness (QED) is 0.641. The third-order valence-corrected chi connectivity index (χ3v) is 5.66. The van der Waals surface area contributed by atoms with Crippen molar-refractivity contribution < 1.29 is 14.3 Å². The van der Waals surface area contributed by atoms with Crippen molar-refractivity contribution >= 4 is 23.3 Å². The Morgan fingerprint density at radius 3 is 2.52 bits per heavy atom. The van der Waals surface area contributed by atoms with Gasteiger partial charge in [-0.3, -0.25) is 4.79 Å². The van der Waals surface area contributed by atoms with E-state index in [-0.39, 0.29) is 24.0 Å². The Bertz CT molecular complexity index is 1120. The maximum absolute atomic E-state index is 12.4. The lowest BCUT2D eigenvalue weighted by molar-refractivity contribution is -0.117. The van der Waals surface area contributed by atoms with E-state index in [0.717, 1.165) is 34.7 Å². The number of benzene rings is 2. The van der Waals surface area contributed by atoms with Crippen LogP contribution in [-0.4, -0.2) is 34.6 Å². The molecule has 160 valence electrons. The summed E-state index contributed by atoms with van der Waals surface area (Å²) >= 11 is 0. The van der Waals surface area contributed by atoms with Crippen LogP contribution in [0, 0.1) is 6.92 Å². The third kappa shape index (κ3) is 4.03. The third-order valence-electron chi connectivity index (χ3n) is 5.66. The summed E-state index contributed by atoms with van der Waals surface area (Å²) in [6.45, 7) is 5.62. The van der Waals surface area contributed by atoms with Gasteiger partial charge in [0.15, 0.2) is 0 Å². The van der Waals surface area contributed by atoms with Crippen LogP contribution in [0.15, 0.2) is 55.0 Å². The molecule has 1 aliphatic heterocycles. The SMILES string of the molecule is COC(=O)c1ccc(NC2CC(C)N(C(C)=O)c3ccc(-n4cnc(C)c4)cc32)cc1. The second-order valence-corrected chi connectivity index (χ2v) is 7.91. The molecule has 2 aromatic carbocycles. The molecule has 0 saturated heterocycles. The number of rotatable bonds is 4. The maximum atomic E-state index is 12.4. The first kappa shape index (κ1) is 20.7. The van der Waals surface area contributed by atoms with Gasteiger partial charge in [-0.2, -0.15) is 0 Å². The van der Waals surface area contributed by atoms with E-state index in [1.807, 2.05) is 46.9 Å². The number of carbonyl (C=O) groups excluding carboxylic acids is 2. The Morgan fingerprint density at radius 2 is 1.90 bits per heavy atom. The maximum Gasteiger partial charge on any atom is 0.337 e. The fraction of sp³-hybridized carbons (Fsp3) is 0.292. The van der Waals surface area contributed by atoms with Gasteiger partial charge >= 0.3 is 5.97 Å². The van der Waals surface area contributed by atoms with E-state index < -0.39 is 0 Å². The van der Waals surface area contributed by atoms with Crippen LogP contribution in [-0.2, 0) is 9.53 Å². The van der Waals surface area contributed by atoms with Gasteiger partial charge in [0, 0.05) is 41.8 Å². The minimum atomic E-state index is -0.361. The van der Waals surface area contributed by atoms with Crippen LogP contribution < -0.4 is 10.2 Å². The minimum Gasteiger partial charge on any atom is -0.465 e. The van der Waals surface area contributed by atoms with Crippen molar-refractivity contribution in [3.63, 3.8) is 0 Å². The molecule has 1 aliphatic rings. The van der Waals surface area contributed by atoms with Gasteiger partial charge in [-0.15, -0.1) is 0 Å². The molecule has 7 nitrogen and oxygen atoms in total. The fourth-order valence-electron chi connectivity index (χ4n) is 4.21. The number of aryl methyl sites for hydroxylation is 1. The zero-order valence-corrected chi connectivity index (χ0v) is 18.1. The topological polar surface area (TPSA) is 76.5 Å². The zero-order chi connectivity index (χ0) is 22.1. The molecule has 0 saturated carbocycles. The van der Waals surface area contributed by atoms with Crippen LogP contribution in [0.5, 0.6) is 0 Å². The largest absolute Gasteiger partial charge is 0.465 e. The van der Waals surface area contributed by atoms with Gasteiger partial charge in [0.05, 0.1) is 30.7 Å². The Hall–Kier alpha value is -3.61. The number of anilines is 2. The number of amides is 1. The molecule has 4 rings (SSSR count). The van der Waals surface area contributed by atoms with Gasteiger partial charge < -0.3 is 19.5 Å². The highest BCUT2D eigenvalue weighted by Crippen LogP contribution is 2.40. The molecule has 31 heavy (non-hydrogen) atoms. The van der Waals surface area contributed by atoms with Gasteiger partial charge in [0.1, 0.15) is 0 Å². The summed E-state index contributed by atoms with van der Waals surface area (Å²) in [7, 11) is 1.37. The molecule has 2 atom stereocenters. The van der Waals surface area contributed by atoms with Crippen molar-refractivity contribution in [1.29, 1.82) is 0 Å². The molecular formula is C24H26N4O3. The minimum absolute atomic E-state index is 0.00847. The van der Waals surface area contributed by atoms with Gasteiger partial charge in [-0.25, -0.2) is 9.78 Å². The van der Waals surface area contributed by atoms with E-state index in [0.29, 0.717) is 5.56 Å². The number of nitrogens with zero attached hydrogens (tertiary/aromatic N) is 3. The second kappa shape index (κ2) is 8.26. The number of carbonyl (C=O) groups is 2. The highest BCUT2D eigenvalue weighted by Gasteiger charge is 2.32. The summed E-state index contributed by atoms with van der Waals surface area (Å²) in [4.78, 5) is 30.3. The summed E-state index contributed by atoms with van der Waals surface area (Å²) in [6, 6.07) is 13.4. The van der Waals surface area contributed by atoms with Crippen LogP contribution in [0.25, 0.3) is 5.69 Å². The molecule has 0 radical (unpaired) electrons. The van der Waals surface area contributed by atoms with Crippen LogP contribution in [0.1, 0.15) is 47.9 Å². The Balaban J connectivity index is 1.71. The van der Waals surface area contributed by atoms with E-state index >= 15 is 0 Å². The molecule has 1 N–H and O–H groups in total. The second-order valence-electron chi connectivity index (χ2n) is 7.91. The normalized spacial score (nSPS) is 17.7. The Labute approximate surface area is 181 Å². The number of ether oxygens (including phenoxy) is 1. The summed E-state index contributed by atoms with van der Waals surface area (Å²) in [6.07, 6.45) is 4.53. The van der Waals surface area contributed by atoms with Gasteiger partial charge in [0.2, 0.25) is 5.91 Å². The molecule has 0 fully saturated rings. The van der Waals surface area contributed by atoms with Gasteiger partial charge in [0.25, 0.3) is 0 Å². The number of methoxy groups -OCH3 is 1. The molecular weight excluding hydrogens is 392 g/mol. The number of hydrogen-bond acceptors (Lipinski definition) is 5. The van der Waals surface area contributed by atoms with E-state index in [9.17, 15) is 9.59 Å². The first-order valence-electron chi connectivity index (χ1n) is 10.3. The predicted molar refractivity (Wildman–Crippen MR) is 120 cm³/mol. The van der Waals surface area contributed by atoms with Crippen molar-refractivity contribution in [2.24, 2.45) is 0 Å². The average Bonchev–Trinajstić information content (AvgIpc) is 3.19. The molecule has 0 bridgehead atoms. The van der Waals surface area contributed by atoms with Crippen molar-refractivity contribution in [3.8, 4) is 5.69 Å². The number of imidazole rings is 1. The van der Waals surface area contributed by atoms with Crippen molar-refractivity contribution in [2.75, 3.05) is 17.3 Å². The van der Waals surface area contributed by atoms with Crippen LogP contribution in [0.3, 0.4) is 0 Å². The smallest absolute Gasteiger partial charge is 0.337 e. The standard InChI is InChI=1S/C24H26N4O3/c1-15-13-27(14-25-15)20-9-10-23-21(12-20)22(11-16(2)28(23)17(3)29)26-19-7-5-18(6-8-19)24(30)31-4/h5-10,12-14,16,22,26H,11H2,1-4H3. The van der Waals surface area contributed by atoms with Crippen LogP contribution in [0.4, 0.5) is 11.4 Å². The number of aromatic nitrogens is 2. The van der Waals surface area contributed by atoms with Gasteiger partial charge in [-0.1, -0.05) is 0 Å². The molecule has 2 unspecified atom stereocenters. The molecule has 3 aromatic rings. The molecule has 1 aromatic heterocycles. The summed E-state index contributed by atoms with van der Waals surface area (Å²) in [5.74, 6) is -0.332. The summed E-state index contributed by atoms with van der Waals surface area (Å²) in [5, 5.41) is 3.58. The molecule has 0 spiro atoms. The van der Waals surface area contributed by atoms with E-state index in [1.54, 1.807) is 25.4 Å². The number of hydrogen-bond donors (Lipinski definition) is 1. The van der Waals surface area contributed by atoms with E-state index in [2.05, 4.69) is 23.3 Å². The Morgan fingerprint density at radius 1 is 1.16 bits per heavy atom. The van der Waals surface area contributed by atoms with Crippen molar-refractivity contribution in [3.05, 3.63) is 71.8 Å². The number of fused-ring (bicyclic) bond motifs is 1. The first-order valence-corrected chi connectivity index (χ1v) is 10.3. The van der Waals surface area contributed by atoms with Crippen LogP contribution >= 0.6 is 0 Å². The number of esters is 1. The predicted octanol–water partition coefficient (Wildman–Crippen LogP) is 4.27. The fourth-order valence-corrected chi connectivity index (χ4v) is 4.21. The van der Waals surface area contributed by atoms with Gasteiger partial charge in [-0.05, 0) is 62.7 Å². The summed E-state index contributed by atoms with van der Waals surface area (Å²) in [5.41, 5.74) is 5.30. The van der Waals surface area contributed by atoms with E-state index in [4.69, 9.17) is 4.74 Å². The van der Waals surface area contributed by atoms with Crippen molar-refractivity contribution in [2.45, 2.75) is 39.3 Å². The highest BCUT2D eigenvalue weighted by molar-refractivity contribution is 5.94. The lowest BCUT2D eigenvalue weighted by Gasteiger charge is -2.39. The lowest BCUT2D eigenvalue weighted by atomic mass is 9.90. The summed E-state index contributed by atoms with van der Waals surface area (Å²) < 4.78 is 6.75. The molecule has 7 heteroatoms. The van der Waals surface area contributed by atoms with Crippen LogP contribution in [0.2, 0.25) is 0 Å². The number of nitrogens with one attached hydrogen (secondary N) is 1. The first-order chi connectivity index (χ1) is 14.9. The molecule has 2 heterocycles. The zero-order valence-electron chi connectivity index (χ0n) is 18.1.